The fourth-order valence-electron chi connectivity index (χ4n) is 2.66. The summed E-state index contributed by atoms with van der Waals surface area (Å²) < 4.78 is 15.6. The molecule has 1 aromatic heterocycles. The van der Waals surface area contributed by atoms with Crippen molar-refractivity contribution in [2.45, 2.75) is 26.4 Å². The van der Waals surface area contributed by atoms with E-state index in [1.54, 1.807) is 24.3 Å². The molecule has 3 rings (SSSR count). The summed E-state index contributed by atoms with van der Waals surface area (Å²) in [6, 6.07) is 10.5. The SMILES string of the molecule is COc1cc(Cl)c(C)cc1NC(=O)[C@H](C)OC(=O)Cc1noc2ccccc12. The standard InChI is InChI=1S/C20H19ClN2O5/c1-11-8-16(18(26-3)9-14(11)21)22-20(25)12(2)27-19(24)10-15-13-6-4-5-7-17(13)28-23-15/h4-9,12H,10H2,1-3H3,(H,22,25)/t12-/m0/s1. The number of amides is 1. The average molecular weight is 403 g/mol. The topological polar surface area (TPSA) is 90.7 Å². The molecule has 1 atom stereocenters. The maximum atomic E-state index is 12.4. The van der Waals surface area contributed by atoms with Gasteiger partial charge in [0.05, 0.1) is 19.2 Å². The third kappa shape index (κ3) is 4.26. The number of hydrogen-bond acceptors (Lipinski definition) is 6. The molecular weight excluding hydrogens is 384 g/mol. The van der Waals surface area contributed by atoms with E-state index in [-0.39, 0.29) is 6.42 Å². The number of benzene rings is 2. The molecule has 2 aromatic carbocycles. The van der Waals surface area contributed by atoms with Crippen LogP contribution in [0.2, 0.25) is 5.02 Å². The molecule has 0 radical (unpaired) electrons. The van der Waals surface area contributed by atoms with Gasteiger partial charge in [0, 0.05) is 16.5 Å². The number of nitrogens with one attached hydrogen (secondary N) is 1. The molecule has 0 spiro atoms. The van der Waals surface area contributed by atoms with Crippen molar-refractivity contribution in [3.63, 3.8) is 0 Å². The second kappa shape index (κ2) is 8.31. The van der Waals surface area contributed by atoms with E-state index in [0.29, 0.717) is 27.7 Å². The zero-order valence-electron chi connectivity index (χ0n) is 15.6. The molecule has 28 heavy (non-hydrogen) atoms. The summed E-state index contributed by atoms with van der Waals surface area (Å²) in [5.41, 5.74) is 2.27. The molecule has 0 fully saturated rings. The molecule has 1 heterocycles. The second-order valence-corrected chi connectivity index (χ2v) is 6.63. The first kappa shape index (κ1) is 19.7. The van der Waals surface area contributed by atoms with Crippen LogP contribution in [-0.4, -0.2) is 30.2 Å². The molecule has 0 unspecified atom stereocenters. The van der Waals surface area contributed by atoms with Gasteiger partial charge in [-0.2, -0.15) is 0 Å². The van der Waals surface area contributed by atoms with Crippen LogP contribution >= 0.6 is 11.6 Å². The monoisotopic (exact) mass is 402 g/mol. The average Bonchev–Trinajstić information content (AvgIpc) is 3.07. The van der Waals surface area contributed by atoms with Gasteiger partial charge < -0.3 is 19.3 Å². The lowest BCUT2D eigenvalue weighted by Crippen LogP contribution is -2.30. The number of ether oxygens (including phenoxy) is 2. The number of esters is 1. The van der Waals surface area contributed by atoms with Crippen molar-refractivity contribution in [1.29, 1.82) is 0 Å². The van der Waals surface area contributed by atoms with E-state index >= 15 is 0 Å². The summed E-state index contributed by atoms with van der Waals surface area (Å²) in [5.74, 6) is -0.657. The van der Waals surface area contributed by atoms with E-state index in [1.807, 2.05) is 19.1 Å². The summed E-state index contributed by atoms with van der Waals surface area (Å²) in [7, 11) is 1.47. The van der Waals surface area contributed by atoms with Crippen molar-refractivity contribution in [3.8, 4) is 5.75 Å². The summed E-state index contributed by atoms with van der Waals surface area (Å²) >= 11 is 6.07. The van der Waals surface area contributed by atoms with Crippen LogP contribution in [0.1, 0.15) is 18.2 Å². The first-order chi connectivity index (χ1) is 13.4. The fourth-order valence-corrected chi connectivity index (χ4v) is 2.81. The number of fused-ring (bicyclic) bond motifs is 1. The van der Waals surface area contributed by atoms with Gasteiger partial charge in [-0.3, -0.25) is 9.59 Å². The van der Waals surface area contributed by atoms with Gasteiger partial charge in [-0.25, -0.2) is 0 Å². The largest absolute Gasteiger partial charge is 0.495 e. The molecule has 8 heteroatoms. The van der Waals surface area contributed by atoms with Crippen LogP contribution in [0.4, 0.5) is 5.69 Å². The minimum Gasteiger partial charge on any atom is -0.495 e. The number of rotatable bonds is 6. The van der Waals surface area contributed by atoms with Crippen LogP contribution in [0.15, 0.2) is 40.9 Å². The Labute approximate surface area is 166 Å². The summed E-state index contributed by atoms with van der Waals surface area (Å²) in [5, 5.41) is 7.84. The summed E-state index contributed by atoms with van der Waals surface area (Å²) in [4.78, 5) is 24.6. The molecule has 0 saturated carbocycles. The van der Waals surface area contributed by atoms with Gasteiger partial charge >= 0.3 is 5.97 Å². The Morgan fingerprint density at radius 1 is 1.29 bits per heavy atom. The number of aryl methyl sites for hydroxylation is 1. The van der Waals surface area contributed by atoms with Crippen molar-refractivity contribution in [1.82, 2.24) is 5.16 Å². The highest BCUT2D eigenvalue weighted by Crippen LogP contribution is 2.31. The Kier molecular flexibility index (Phi) is 5.84. The van der Waals surface area contributed by atoms with Gasteiger partial charge in [0.1, 0.15) is 11.4 Å². The number of aromatic nitrogens is 1. The summed E-state index contributed by atoms with van der Waals surface area (Å²) in [6.07, 6.45) is -1.11. The van der Waals surface area contributed by atoms with E-state index in [2.05, 4.69) is 10.5 Å². The number of methoxy groups -OCH3 is 1. The molecule has 0 aliphatic carbocycles. The van der Waals surface area contributed by atoms with Gasteiger partial charge in [0.15, 0.2) is 11.7 Å². The summed E-state index contributed by atoms with van der Waals surface area (Å²) in [6.45, 7) is 3.30. The van der Waals surface area contributed by atoms with Gasteiger partial charge in [-0.1, -0.05) is 28.9 Å². The number of hydrogen-bond donors (Lipinski definition) is 1. The van der Waals surface area contributed by atoms with Gasteiger partial charge in [-0.15, -0.1) is 0 Å². The third-order valence-electron chi connectivity index (χ3n) is 4.18. The van der Waals surface area contributed by atoms with Crippen molar-refractivity contribution in [2.75, 3.05) is 12.4 Å². The van der Waals surface area contributed by atoms with E-state index in [4.69, 9.17) is 25.6 Å². The Morgan fingerprint density at radius 2 is 2.04 bits per heavy atom. The maximum Gasteiger partial charge on any atom is 0.312 e. The number of halogens is 1. The van der Waals surface area contributed by atoms with E-state index in [0.717, 1.165) is 10.9 Å². The zero-order chi connectivity index (χ0) is 20.3. The highest BCUT2D eigenvalue weighted by Gasteiger charge is 2.21. The Bertz CT molecular complexity index is 1030. The third-order valence-corrected chi connectivity index (χ3v) is 4.59. The molecule has 0 saturated heterocycles. The van der Waals surface area contributed by atoms with Gasteiger partial charge in [-0.05, 0) is 37.6 Å². The minimum absolute atomic E-state index is 0.0992. The highest BCUT2D eigenvalue weighted by molar-refractivity contribution is 6.31. The lowest BCUT2D eigenvalue weighted by molar-refractivity contribution is -0.152. The Balaban J connectivity index is 1.64. The van der Waals surface area contributed by atoms with Crippen molar-refractivity contribution in [3.05, 3.63) is 52.7 Å². The number of carbonyl (C=O) groups is 2. The van der Waals surface area contributed by atoms with Crippen LogP contribution in [-0.2, 0) is 20.7 Å². The zero-order valence-corrected chi connectivity index (χ0v) is 16.4. The fraction of sp³-hybridized carbons (Fsp3) is 0.250. The second-order valence-electron chi connectivity index (χ2n) is 6.23. The first-order valence-corrected chi connectivity index (χ1v) is 8.94. The number of para-hydroxylation sites is 1. The Hall–Kier alpha value is -3.06. The van der Waals surface area contributed by atoms with Crippen LogP contribution in [0.25, 0.3) is 11.0 Å². The minimum atomic E-state index is -1.01. The smallest absolute Gasteiger partial charge is 0.312 e. The van der Waals surface area contributed by atoms with E-state index < -0.39 is 18.0 Å². The Morgan fingerprint density at radius 3 is 2.79 bits per heavy atom. The molecule has 0 aliphatic heterocycles. The quantitative estimate of drug-likeness (QED) is 0.628. The lowest BCUT2D eigenvalue weighted by atomic mass is 10.2. The van der Waals surface area contributed by atoms with E-state index in [1.165, 1.54) is 14.0 Å². The molecule has 7 nitrogen and oxygen atoms in total. The van der Waals surface area contributed by atoms with Crippen molar-refractivity contribution < 1.29 is 23.6 Å². The van der Waals surface area contributed by atoms with E-state index in [9.17, 15) is 9.59 Å². The first-order valence-electron chi connectivity index (χ1n) is 8.56. The molecule has 1 N–H and O–H groups in total. The number of nitrogens with zero attached hydrogens (tertiary/aromatic N) is 1. The molecule has 0 bridgehead atoms. The molecule has 146 valence electrons. The van der Waals surface area contributed by atoms with Gasteiger partial charge in [0.2, 0.25) is 0 Å². The predicted octanol–water partition coefficient (Wildman–Crippen LogP) is 3.91. The van der Waals surface area contributed by atoms with Crippen molar-refractivity contribution >= 4 is 40.1 Å². The van der Waals surface area contributed by atoms with Crippen LogP contribution in [0, 0.1) is 6.92 Å². The van der Waals surface area contributed by atoms with Crippen LogP contribution in [0.3, 0.4) is 0 Å². The number of carbonyl (C=O) groups excluding carboxylic acids is 2. The molecule has 0 aliphatic rings. The predicted molar refractivity (Wildman–Crippen MR) is 105 cm³/mol. The molecule has 3 aromatic rings. The highest BCUT2D eigenvalue weighted by atomic mass is 35.5. The van der Waals surface area contributed by atoms with Crippen LogP contribution < -0.4 is 10.1 Å². The van der Waals surface area contributed by atoms with Crippen LogP contribution in [0.5, 0.6) is 5.75 Å². The molecular formula is C20H19ClN2O5. The molecule has 1 amide bonds. The number of anilines is 1. The normalized spacial score (nSPS) is 11.9. The maximum absolute atomic E-state index is 12.4. The lowest BCUT2D eigenvalue weighted by Gasteiger charge is -2.16. The van der Waals surface area contributed by atoms with Gasteiger partial charge in [0.25, 0.3) is 5.91 Å². The van der Waals surface area contributed by atoms with Crippen molar-refractivity contribution in [2.24, 2.45) is 0 Å².